The van der Waals surface area contributed by atoms with Crippen LogP contribution >= 0.6 is 0 Å². The van der Waals surface area contributed by atoms with Gasteiger partial charge in [0, 0.05) is 12.4 Å². The summed E-state index contributed by atoms with van der Waals surface area (Å²) in [5.74, 6) is 0.996. The maximum Gasteiger partial charge on any atom is 0.0270 e. The highest BCUT2D eigenvalue weighted by Crippen LogP contribution is 2.27. The molecule has 76 valence electrons. The van der Waals surface area contributed by atoms with Crippen LogP contribution in [-0.4, -0.2) is 18.1 Å². The minimum Gasteiger partial charge on any atom is -0.316 e. The first-order valence-electron chi connectivity index (χ1n) is 5.55. The van der Waals surface area contributed by atoms with Crippen LogP contribution in [0.5, 0.6) is 0 Å². The summed E-state index contributed by atoms with van der Waals surface area (Å²) in [7, 11) is 0. The highest BCUT2D eigenvalue weighted by atomic mass is 14.9. The van der Waals surface area contributed by atoms with Crippen LogP contribution in [0.1, 0.15) is 24.8 Å². The van der Waals surface area contributed by atoms with Gasteiger partial charge in [-0.2, -0.15) is 0 Å². The molecular weight excluding hydrogens is 172 g/mol. The highest BCUT2D eigenvalue weighted by molar-refractivity contribution is 5.09. The van der Waals surface area contributed by atoms with Crippen LogP contribution in [0.15, 0.2) is 24.5 Å². The van der Waals surface area contributed by atoms with Crippen molar-refractivity contribution < 1.29 is 0 Å². The van der Waals surface area contributed by atoms with E-state index in [9.17, 15) is 0 Å². The van der Waals surface area contributed by atoms with Gasteiger partial charge in [-0.3, -0.25) is 4.98 Å². The first-order chi connectivity index (χ1) is 6.95. The van der Waals surface area contributed by atoms with E-state index in [0.29, 0.717) is 0 Å². The van der Waals surface area contributed by atoms with Crippen molar-refractivity contribution in [2.75, 3.05) is 13.1 Å². The number of nitrogens with zero attached hydrogens (tertiary/aromatic N) is 1. The van der Waals surface area contributed by atoms with E-state index in [-0.39, 0.29) is 0 Å². The van der Waals surface area contributed by atoms with Gasteiger partial charge in [-0.15, -0.1) is 0 Å². The Bertz CT molecular complexity index is 254. The molecule has 1 heterocycles. The molecule has 0 aliphatic heterocycles. The third-order valence-corrected chi connectivity index (χ3v) is 2.70. The number of rotatable bonds is 6. The number of nitrogens with one attached hydrogen (secondary N) is 1. The molecule has 0 bridgehead atoms. The van der Waals surface area contributed by atoms with Crippen LogP contribution in [-0.2, 0) is 6.42 Å². The van der Waals surface area contributed by atoms with Gasteiger partial charge < -0.3 is 5.32 Å². The second kappa shape index (κ2) is 5.11. The van der Waals surface area contributed by atoms with Gasteiger partial charge in [0.05, 0.1) is 0 Å². The zero-order chi connectivity index (χ0) is 9.64. The van der Waals surface area contributed by atoms with E-state index in [1.54, 1.807) is 0 Å². The number of pyridine rings is 1. The zero-order valence-corrected chi connectivity index (χ0v) is 8.58. The van der Waals surface area contributed by atoms with E-state index >= 15 is 0 Å². The molecule has 0 radical (unpaired) electrons. The third-order valence-electron chi connectivity index (χ3n) is 2.70. The molecule has 1 aromatic rings. The van der Waals surface area contributed by atoms with Crippen molar-refractivity contribution in [1.82, 2.24) is 10.3 Å². The average Bonchev–Trinajstić information content (AvgIpc) is 3.03. The normalized spacial score (nSPS) is 15.7. The Balaban J connectivity index is 1.54. The Morgan fingerprint density at radius 3 is 2.79 bits per heavy atom. The van der Waals surface area contributed by atoms with Crippen molar-refractivity contribution in [2.24, 2.45) is 5.92 Å². The van der Waals surface area contributed by atoms with Crippen LogP contribution < -0.4 is 5.32 Å². The van der Waals surface area contributed by atoms with E-state index < -0.39 is 0 Å². The van der Waals surface area contributed by atoms with Crippen LogP contribution in [0.4, 0.5) is 0 Å². The topological polar surface area (TPSA) is 24.9 Å². The van der Waals surface area contributed by atoms with Crippen molar-refractivity contribution in [3.05, 3.63) is 30.1 Å². The van der Waals surface area contributed by atoms with Crippen molar-refractivity contribution in [3.8, 4) is 0 Å². The molecule has 14 heavy (non-hydrogen) atoms. The molecule has 0 unspecified atom stereocenters. The second-order valence-corrected chi connectivity index (χ2v) is 4.11. The highest BCUT2D eigenvalue weighted by Gasteiger charge is 2.19. The van der Waals surface area contributed by atoms with Crippen molar-refractivity contribution in [2.45, 2.75) is 25.7 Å². The molecule has 0 spiro atoms. The Morgan fingerprint density at radius 1 is 1.29 bits per heavy atom. The zero-order valence-electron chi connectivity index (χ0n) is 8.58. The lowest BCUT2D eigenvalue weighted by atomic mass is 10.1. The smallest absolute Gasteiger partial charge is 0.0270 e. The van der Waals surface area contributed by atoms with Gasteiger partial charge in [0.2, 0.25) is 0 Å². The van der Waals surface area contributed by atoms with Crippen molar-refractivity contribution >= 4 is 0 Å². The molecule has 1 aliphatic carbocycles. The van der Waals surface area contributed by atoms with Gasteiger partial charge in [-0.1, -0.05) is 0 Å². The van der Waals surface area contributed by atoms with E-state index in [0.717, 1.165) is 12.5 Å². The number of hydrogen-bond donors (Lipinski definition) is 1. The Hall–Kier alpha value is -0.890. The molecule has 1 aliphatic rings. The summed E-state index contributed by atoms with van der Waals surface area (Å²) < 4.78 is 0. The molecule has 0 atom stereocenters. The van der Waals surface area contributed by atoms with Gasteiger partial charge in [-0.05, 0) is 62.4 Å². The predicted octanol–water partition coefficient (Wildman–Crippen LogP) is 2.01. The molecule has 1 saturated carbocycles. The first kappa shape index (κ1) is 9.66. The summed E-state index contributed by atoms with van der Waals surface area (Å²) in [6.07, 6.45) is 9.02. The molecule has 2 heteroatoms. The minimum absolute atomic E-state index is 0.996. The van der Waals surface area contributed by atoms with E-state index in [1.807, 2.05) is 12.4 Å². The fraction of sp³-hybridized carbons (Fsp3) is 0.583. The standard InChI is InChI=1S/C12H18N2/c1(7-14-10-12-3-4-12)2-11-5-8-13-9-6-11/h5-6,8-9,12,14H,1-4,7,10H2. The SMILES string of the molecule is c1cc(CCCNCC2CC2)ccn1. The number of hydrogen-bond acceptors (Lipinski definition) is 2. The summed E-state index contributed by atoms with van der Waals surface area (Å²) in [5, 5.41) is 3.50. The van der Waals surface area contributed by atoms with Crippen LogP contribution in [0, 0.1) is 5.92 Å². The van der Waals surface area contributed by atoms with Crippen LogP contribution in [0.25, 0.3) is 0 Å². The molecule has 1 aromatic heterocycles. The van der Waals surface area contributed by atoms with Crippen LogP contribution in [0.2, 0.25) is 0 Å². The molecule has 1 fully saturated rings. The summed E-state index contributed by atoms with van der Waals surface area (Å²) in [6, 6.07) is 4.20. The summed E-state index contributed by atoms with van der Waals surface area (Å²) in [6.45, 7) is 2.38. The van der Waals surface area contributed by atoms with Crippen molar-refractivity contribution in [3.63, 3.8) is 0 Å². The van der Waals surface area contributed by atoms with E-state index in [1.165, 1.54) is 37.8 Å². The van der Waals surface area contributed by atoms with Crippen molar-refractivity contribution in [1.29, 1.82) is 0 Å². The fourth-order valence-electron chi connectivity index (χ4n) is 1.60. The Morgan fingerprint density at radius 2 is 2.07 bits per heavy atom. The van der Waals surface area contributed by atoms with Gasteiger partial charge in [0.25, 0.3) is 0 Å². The number of aryl methyl sites for hydroxylation is 1. The lowest BCUT2D eigenvalue weighted by Crippen LogP contribution is -2.18. The molecule has 0 amide bonds. The third kappa shape index (κ3) is 3.46. The predicted molar refractivity (Wildman–Crippen MR) is 58.2 cm³/mol. The Labute approximate surface area is 85.7 Å². The molecule has 2 nitrogen and oxygen atoms in total. The second-order valence-electron chi connectivity index (χ2n) is 4.11. The van der Waals surface area contributed by atoms with Crippen LogP contribution in [0.3, 0.4) is 0 Å². The van der Waals surface area contributed by atoms with E-state index in [2.05, 4.69) is 22.4 Å². The maximum atomic E-state index is 4.01. The molecule has 2 rings (SSSR count). The minimum atomic E-state index is 0.996. The van der Waals surface area contributed by atoms with Gasteiger partial charge in [0.1, 0.15) is 0 Å². The lowest BCUT2D eigenvalue weighted by molar-refractivity contribution is 0.613. The monoisotopic (exact) mass is 190 g/mol. The largest absolute Gasteiger partial charge is 0.316 e. The van der Waals surface area contributed by atoms with Gasteiger partial charge >= 0.3 is 0 Å². The summed E-state index contributed by atoms with van der Waals surface area (Å²) >= 11 is 0. The molecule has 0 aromatic carbocycles. The van der Waals surface area contributed by atoms with Gasteiger partial charge in [-0.25, -0.2) is 0 Å². The average molecular weight is 190 g/mol. The molecule has 0 saturated heterocycles. The fourth-order valence-corrected chi connectivity index (χ4v) is 1.60. The summed E-state index contributed by atoms with van der Waals surface area (Å²) in [5.41, 5.74) is 1.40. The van der Waals surface area contributed by atoms with Gasteiger partial charge in [0.15, 0.2) is 0 Å². The van der Waals surface area contributed by atoms with E-state index in [4.69, 9.17) is 0 Å². The molecule has 1 N–H and O–H groups in total. The number of aromatic nitrogens is 1. The quantitative estimate of drug-likeness (QED) is 0.694. The summed E-state index contributed by atoms with van der Waals surface area (Å²) in [4.78, 5) is 4.01. The Kier molecular flexibility index (Phi) is 3.52. The molecular formula is C12H18N2. The first-order valence-corrected chi connectivity index (χ1v) is 5.55. The maximum absolute atomic E-state index is 4.01. The lowest BCUT2D eigenvalue weighted by Gasteiger charge is -2.03.